The highest BCUT2D eigenvalue weighted by atomic mass is 79.9. The zero-order valence-corrected chi connectivity index (χ0v) is 16.9. The summed E-state index contributed by atoms with van der Waals surface area (Å²) in [6.07, 6.45) is 0.215. The molecule has 0 fully saturated rings. The fourth-order valence-electron chi connectivity index (χ4n) is 2.33. The predicted molar refractivity (Wildman–Crippen MR) is 108 cm³/mol. The molecule has 27 heavy (non-hydrogen) atoms. The molecule has 2 rings (SSSR count). The number of aliphatic hydroxyl groups excluding tert-OH is 1. The molecule has 0 heterocycles. The van der Waals surface area contributed by atoms with Crippen molar-refractivity contribution in [3.63, 3.8) is 0 Å². The van der Waals surface area contributed by atoms with Gasteiger partial charge in [-0.3, -0.25) is 0 Å². The number of aromatic hydroxyl groups is 1. The van der Waals surface area contributed by atoms with Gasteiger partial charge < -0.3 is 29.7 Å². The van der Waals surface area contributed by atoms with Crippen molar-refractivity contribution in [2.45, 2.75) is 12.5 Å². The van der Waals surface area contributed by atoms with Crippen molar-refractivity contribution in [2.75, 3.05) is 40.0 Å². The maximum atomic E-state index is 10.0. The molecular weight excluding hydrogens is 414 g/mol. The van der Waals surface area contributed by atoms with Gasteiger partial charge in [0.25, 0.3) is 0 Å². The van der Waals surface area contributed by atoms with E-state index in [4.69, 9.17) is 14.2 Å². The zero-order valence-electron chi connectivity index (χ0n) is 15.4. The highest BCUT2D eigenvalue weighted by Gasteiger charge is 2.08. The van der Waals surface area contributed by atoms with E-state index >= 15 is 0 Å². The largest absolute Gasteiger partial charge is 0.508 e. The molecule has 1 atom stereocenters. The van der Waals surface area contributed by atoms with Gasteiger partial charge in [0.05, 0.1) is 11.1 Å². The summed E-state index contributed by atoms with van der Waals surface area (Å²) in [6.45, 7) is 2.33. The molecule has 3 N–H and O–H groups in total. The number of nitrogens with one attached hydrogen (secondary N) is 1. The number of halogens is 1. The molecule has 0 spiro atoms. The lowest BCUT2D eigenvalue weighted by Gasteiger charge is -2.15. The van der Waals surface area contributed by atoms with E-state index in [-0.39, 0.29) is 12.4 Å². The van der Waals surface area contributed by atoms with Gasteiger partial charge in [-0.25, -0.2) is 0 Å². The Balaban J connectivity index is 1.61. The highest BCUT2D eigenvalue weighted by Crippen LogP contribution is 2.26. The van der Waals surface area contributed by atoms with Crippen LogP contribution in [0, 0.1) is 0 Å². The van der Waals surface area contributed by atoms with Gasteiger partial charge in [0, 0.05) is 20.2 Å². The molecule has 0 radical (unpaired) electrons. The molecule has 2 aromatic carbocycles. The van der Waals surface area contributed by atoms with Crippen LogP contribution in [-0.4, -0.2) is 56.3 Å². The van der Waals surface area contributed by atoms with Crippen LogP contribution in [0.2, 0.25) is 0 Å². The van der Waals surface area contributed by atoms with E-state index in [9.17, 15) is 10.2 Å². The van der Waals surface area contributed by atoms with Gasteiger partial charge in [-0.05, 0) is 64.3 Å². The Bertz CT molecular complexity index is 681. The van der Waals surface area contributed by atoms with Gasteiger partial charge in [0.2, 0.25) is 0 Å². The SMILES string of the molecule is COCCc1ccc(OCC(O)CNCCOc2ccc(O)cc2)c(Br)c1. The average molecular weight is 440 g/mol. The van der Waals surface area contributed by atoms with Crippen LogP contribution in [0.15, 0.2) is 46.9 Å². The molecule has 0 aliphatic rings. The van der Waals surface area contributed by atoms with Crippen molar-refractivity contribution >= 4 is 15.9 Å². The quantitative estimate of drug-likeness (QED) is 0.441. The Kier molecular flexibility index (Phi) is 9.41. The summed E-state index contributed by atoms with van der Waals surface area (Å²) < 4.78 is 17.1. The topological polar surface area (TPSA) is 80.2 Å². The summed E-state index contributed by atoms with van der Waals surface area (Å²) >= 11 is 3.49. The Morgan fingerprint density at radius 3 is 2.56 bits per heavy atom. The van der Waals surface area contributed by atoms with E-state index in [2.05, 4.69) is 21.2 Å². The summed E-state index contributed by atoms with van der Waals surface area (Å²) in [4.78, 5) is 0. The van der Waals surface area contributed by atoms with Gasteiger partial charge in [0.1, 0.15) is 36.6 Å². The molecule has 2 aromatic rings. The van der Waals surface area contributed by atoms with Gasteiger partial charge in [-0.2, -0.15) is 0 Å². The Morgan fingerprint density at radius 1 is 1.07 bits per heavy atom. The van der Waals surface area contributed by atoms with Crippen molar-refractivity contribution < 1.29 is 24.4 Å². The molecular formula is C20H26BrNO5. The van der Waals surface area contributed by atoms with E-state index < -0.39 is 6.10 Å². The monoisotopic (exact) mass is 439 g/mol. The van der Waals surface area contributed by atoms with Crippen LogP contribution in [0.4, 0.5) is 0 Å². The number of rotatable bonds is 12. The van der Waals surface area contributed by atoms with E-state index in [0.717, 1.165) is 16.5 Å². The van der Waals surface area contributed by atoms with Crippen molar-refractivity contribution in [2.24, 2.45) is 0 Å². The third-order valence-corrected chi connectivity index (χ3v) is 4.41. The van der Waals surface area contributed by atoms with E-state index in [1.807, 2.05) is 18.2 Å². The molecule has 0 saturated carbocycles. The minimum absolute atomic E-state index is 0.196. The molecule has 7 heteroatoms. The van der Waals surface area contributed by atoms with Gasteiger partial charge in [-0.1, -0.05) is 6.07 Å². The molecule has 0 aliphatic heterocycles. The van der Waals surface area contributed by atoms with E-state index in [0.29, 0.717) is 37.8 Å². The minimum Gasteiger partial charge on any atom is -0.508 e. The molecule has 0 bridgehead atoms. The number of hydrogen-bond acceptors (Lipinski definition) is 6. The summed E-state index contributed by atoms with van der Waals surface area (Å²) in [5.41, 5.74) is 1.16. The zero-order chi connectivity index (χ0) is 19.5. The van der Waals surface area contributed by atoms with E-state index in [1.54, 1.807) is 31.4 Å². The third-order valence-electron chi connectivity index (χ3n) is 3.79. The number of methoxy groups -OCH3 is 1. The highest BCUT2D eigenvalue weighted by molar-refractivity contribution is 9.10. The van der Waals surface area contributed by atoms with Crippen LogP contribution < -0.4 is 14.8 Å². The van der Waals surface area contributed by atoms with Crippen LogP contribution in [-0.2, 0) is 11.2 Å². The number of benzene rings is 2. The first-order valence-corrected chi connectivity index (χ1v) is 9.58. The van der Waals surface area contributed by atoms with E-state index in [1.165, 1.54) is 0 Å². The van der Waals surface area contributed by atoms with Crippen molar-refractivity contribution in [3.8, 4) is 17.2 Å². The van der Waals surface area contributed by atoms with Gasteiger partial charge in [-0.15, -0.1) is 0 Å². The second-order valence-electron chi connectivity index (χ2n) is 6.02. The van der Waals surface area contributed by atoms with Crippen LogP contribution >= 0.6 is 15.9 Å². The normalized spacial score (nSPS) is 12.0. The Hall–Kier alpha value is -1.80. The van der Waals surface area contributed by atoms with Crippen LogP contribution in [0.5, 0.6) is 17.2 Å². The first kappa shape index (κ1) is 21.5. The lowest BCUT2D eigenvalue weighted by molar-refractivity contribution is 0.105. The predicted octanol–water partition coefficient (Wildman–Crippen LogP) is 2.75. The molecule has 6 nitrogen and oxygen atoms in total. The number of ether oxygens (including phenoxy) is 3. The smallest absolute Gasteiger partial charge is 0.133 e. The van der Waals surface area contributed by atoms with Crippen LogP contribution in [0.3, 0.4) is 0 Å². The summed E-state index contributed by atoms with van der Waals surface area (Å²) in [6, 6.07) is 12.4. The number of phenolic OH excluding ortho intramolecular Hbond substituents is 1. The fraction of sp³-hybridized carbons (Fsp3) is 0.400. The average Bonchev–Trinajstić information content (AvgIpc) is 2.66. The van der Waals surface area contributed by atoms with Crippen LogP contribution in [0.1, 0.15) is 5.56 Å². The fourth-order valence-corrected chi connectivity index (χ4v) is 2.87. The van der Waals surface area contributed by atoms with Crippen LogP contribution in [0.25, 0.3) is 0 Å². The van der Waals surface area contributed by atoms with Crippen molar-refractivity contribution in [1.82, 2.24) is 5.32 Å². The number of aliphatic hydroxyl groups is 1. The Labute approximate surface area is 168 Å². The number of phenols is 1. The van der Waals surface area contributed by atoms with Crippen molar-refractivity contribution in [1.29, 1.82) is 0 Å². The van der Waals surface area contributed by atoms with Gasteiger partial charge in [0.15, 0.2) is 0 Å². The molecule has 0 saturated heterocycles. The summed E-state index contributed by atoms with van der Waals surface area (Å²) in [5, 5.41) is 22.4. The minimum atomic E-state index is -0.626. The second kappa shape index (κ2) is 11.8. The summed E-state index contributed by atoms with van der Waals surface area (Å²) in [7, 11) is 1.68. The molecule has 0 amide bonds. The Morgan fingerprint density at radius 2 is 1.85 bits per heavy atom. The standard InChI is InChI=1S/C20H26BrNO5/c1-25-10-8-15-2-7-20(19(21)12-15)27-14-17(24)13-22-9-11-26-18-5-3-16(23)4-6-18/h2-7,12,17,22-24H,8-11,13-14H2,1H3. The first-order valence-electron chi connectivity index (χ1n) is 8.79. The number of hydrogen-bond donors (Lipinski definition) is 3. The molecule has 1 unspecified atom stereocenters. The van der Waals surface area contributed by atoms with Gasteiger partial charge >= 0.3 is 0 Å². The lowest BCUT2D eigenvalue weighted by Crippen LogP contribution is -2.33. The third kappa shape index (κ3) is 8.17. The summed E-state index contributed by atoms with van der Waals surface area (Å²) in [5.74, 6) is 1.60. The molecule has 0 aromatic heterocycles. The second-order valence-corrected chi connectivity index (χ2v) is 6.87. The molecule has 0 aliphatic carbocycles. The first-order chi connectivity index (χ1) is 13.1. The maximum absolute atomic E-state index is 10.0. The van der Waals surface area contributed by atoms with Crippen molar-refractivity contribution in [3.05, 3.63) is 52.5 Å². The lowest BCUT2D eigenvalue weighted by atomic mass is 10.1. The maximum Gasteiger partial charge on any atom is 0.133 e. The molecule has 148 valence electrons.